The lowest BCUT2D eigenvalue weighted by atomic mass is 9.95. The first-order valence-electron chi connectivity index (χ1n) is 6.63. The van der Waals surface area contributed by atoms with Crippen molar-refractivity contribution in [2.45, 2.75) is 32.6 Å². The Labute approximate surface area is 122 Å². The fourth-order valence-electron chi connectivity index (χ4n) is 2.41. The molecule has 2 aromatic rings. The minimum atomic E-state index is 0.413. The molecule has 0 aliphatic rings. The van der Waals surface area contributed by atoms with Crippen molar-refractivity contribution in [1.82, 2.24) is 9.78 Å². The Bertz CT molecular complexity index is 575. The highest BCUT2D eigenvalue weighted by atomic mass is 79.9. The number of halogens is 1. The summed E-state index contributed by atoms with van der Waals surface area (Å²) in [6.45, 7) is 4.41. The molecule has 0 bridgehead atoms. The first kappa shape index (κ1) is 14.1. The maximum atomic E-state index is 6.22. The summed E-state index contributed by atoms with van der Waals surface area (Å²) in [7, 11) is 1.90. The van der Waals surface area contributed by atoms with Gasteiger partial charge in [0.25, 0.3) is 0 Å². The fraction of sp³-hybridized carbons (Fsp3) is 0.400. The monoisotopic (exact) mass is 321 g/mol. The topological polar surface area (TPSA) is 43.8 Å². The molecule has 1 aromatic heterocycles. The normalized spacial score (nSPS) is 12.6. The van der Waals surface area contributed by atoms with Crippen LogP contribution < -0.4 is 5.73 Å². The van der Waals surface area contributed by atoms with Crippen LogP contribution in [0.3, 0.4) is 0 Å². The highest BCUT2D eigenvalue weighted by Gasteiger charge is 2.21. The van der Waals surface area contributed by atoms with Crippen LogP contribution in [0.5, 0.6) is 0 Å². The lowest BCUT2D eigenvalue weighted by Crippen LogP contribution is -1.98. The van der Waals surface area contributed by atoms with E-state index in [2.05, 4.69) is 40.9 Å². The van der Waals surface area contributed by atoms with Crippen molar-refractivity contribution in [3.05, 3.63) is 34.4 Å². The third kappa shape index (κ3) is 2.68. The summed E-state index contributed by atoms with van der Waals surface area (Å²) in [4.78, 5) is 0. The molecular weight excluding hydrogens is 302 g/mol. The molecule has 1 heterocycles. The van der Waals surface area contributed by atoms with Crippen LogP contribution in [0, 0.1) is 0 Å². The molecule has 3 nitrogen and oxygen atoms in total. The highest BCUT2D eigenvalue weighted by Crippen LogP contribution is 2.38. The second-order valence-corrected chi connectivity index (χ2v) is 5.79. The van der Waals surface area contributed by atoms with E-state index in [-0.39, 0.29) is 0 Å². The minimum absolute atomic E-state index is 0.413. The first-order valence-corrected chi connectivity index (χ1v) is 7.42. The Kier molecular flexibility index (Phi) is 4.30. The largest absolute Gasteiger partial charge is 0.383 e. The number of benzene rings is 1. The van der Waals surface area contributed by atoms with E-state index >= 15 is 0 Å². The number of aryl methyl sites for hydroxylation is 1. The summed E-state index contributed by atoms with van der Waals surface area (Å²) in [5, 5.41) is 4.62. The zero-order chi connectivity index (χ0) is 14.0. The maximum Gasteiger partial charge on any atom is 0.129 e. The number of hydrogen-bond acceptors (Lipinski definition) is 2. The maximum absolute atomic E-state index is 6.22. The molecule has 1 aromatic carbocycles. The standard InChI is InChI=1S/C15H20BrN3/c1-4-7-10(2)14-13(15(17)19(3)18-14)11-8-5-6-9-12(11)16/h5-6,8-10H,4,7,17H2,1-3H3. The van der Waals surface area contributed by atoms with Crippen LogP contribution in [0.25, 0.3) is 11.1 Å². The van der Waals surface area contributed by atoms with Gasteiger partial charge in [-0.1, -0.05) is 54.4 Å². The molecule has 0 fully saturated rings. The molecule has 0 spiro atoms. The summed E-state index contributed by atoms with van der Waals surface area (Å²) in [5.74, 6) is 1.14. The van der Waals surface area contributed by atoms with Crippen molar-refractivity contribution in [2.75, 3.05) is 5.73 Å². The Morgan fingerprint density at radius 2 is 2.05 bits per heavy atom. The van der Waals surface area contributed by atoms with Gasteiger partial charge in [0.15, 0.2) is 0 Å². The number of hydrogen-bond donors (Lipinski definition) is 1. The van der Waals surface area contributed by atoms with Crippen LogP contribution in [-0.2, 0) is 7.05 Å². The number of nitrogens with zero attached hydrogens (tertiary/aromatic N) is 2. The molecule has 0 radical (unpaired) electrons. The lowest BCUT2D eigenvalue weighted by molar-refractivity contribution is 0.627. The van der Waals surface area contributed by atoms with Crippen molar-refractivity contribution in [3.8, 4) is 11.1 Å². The highest BCUT2D eigenvalue weighted by molar-refractivity contribution is 9.10. The molecule has 0 aliphatic heterocycles. The molecule has 1 unspecified atom stereocenters. The van der Waals surface area contributed by atoms with Gasteiger partial charge in [-0.3, -0.25) is 4.68 Å². The Morgan fingerprint density at radius 1 is 1.37 bits per heavy atom. The van der Waals surface area contributed by atoms with Gasteiger partial charge >= 0.3 is 0 Å². The third-order valence-electron chi connectivity index (χ3n) is 3.45. The first-order chi connectivity index (χ1) is 9.06. The molecular formula is C15H20BrN3. The van der Waals surface area contributed by atoms with Crippen LogP contribution in [0.2, 0.25) is 0 Å². The zero-order valence-electron chi connectivity index (χ0n) is 11.7. The van der Waals surface area contributed by atoms with Gasteiger partial charge in [0.1, 0.15) is 5.82 Å². The quantitative estimate of drug-likeness (QED) is 0.910. The Morgan fingerprint density at radius 3 is 2.68 bits per heavy atom. The van der Waals surface area contributed by atoms with Crippen LogP contribution in [0.4, 0.5) is 5.82 Å². The number of nitrogen functional groups attached to an aromatic ring is 1. The summed E-state index contributed by atoms with van der Waals surface area (Å²) in [6.07, 6.45) is 2.26. The number of aromatic nitrogens is 2. The van der Waals surface area contributed by atoms with Crippen LogP contribution >= 0.6 is 15.9 Å². The van der Waals surface area contributed by atoms with Gasteiger partial charge in [-0.05, 0) is 12.5 Å². The summed E-state index contributed by atoms with van der Waals surface area (Å²) in [5.41, 5.74) is 9.49. The van der Waals surface area contributed by atoms with Crippen molar-refractivity contribution in [1.29, 1.82) is 0 Å². The number of nitrogens with two attached hydrogens (primary N) is 1. The van der Waals surface area contributed by atoms with Gasteiger partial charge in [-0.25, -0.2) is 0 Å². The van der Waals surface area contributed by atoms with E-state index in [1.807, 2.05) is 25.2 Å². The fourth-order valence-corrected chi connectivity index (χ4v) is 2.90. The Hall–Kier alpha value is -1.29. The summed E-state index contributed by atoms with van der Waals surface area (Å²) in [6, 6.07) is 8.16. The van der Waals surface area contributed by atoms with Crippen molar-refractivity contribution < 1.29 is 0 Å². The van der Waals surface area contributed by atoms with Crippen LogP contribution in [-0.4, -0.2) is 9.78 Å². The van der Waals surface area contributed by atoms with Crippen molar-refractivity contribution in [3.63, 3.8) is 0 Å². The van der Waals surface area contributed by atoms with E-state index < -0.39 is 0 Å². The molecule has 0 aliphatic carbocycles. The van der Waals surface area contributed by atoms with Gasteiger partial charge in [-0.15, -0.1) is 0 Å². The average molecular weight is 322 g/mol. The Balaban J connectivity index is 2.59. The second kappa shape index (κ2) is 5.78. The SMILES string of the molecule is CCCC(C)c1nn(C)c(N)c1-c1ccccc1Br. The van der Waals surface area contributed by atoms with Gasteiger partial charge in [-0.2, -0.15) is 5.10 Å². The predicted octanol–water partition coefficient (Wildman–Crippen LogP) is 4.34. The van der Waals surface area contributed by atoms with Gasteiger partial charge < -0.3 is 5.73 Å². The third-order valence-corrected chi connectivity index (χ3v) is 4.14. The number of rotatable bonds is 4. The molecule has 1 atom stereocenters. The van der Waals surface area contributed by atoms with E-state index in [1.54, 1.807) is 4.68 Å². The molecule has 19 heavy (non-hydrogen) atoms. The summed E-state index contributed by atoms with van der Waals surface area (Å²) < 4.78 is 2.83. The van der Waals surface area contributed by atoms with Crippen molar-refractivity contribution >= 4 is 21.7 Å². The molecule has 0 amide bonds. The van der Waals surface area contributed by atoms with Gasteiger partial charge in [0.05, 0.1) is 5.69 Å². The minimum Gasteiger partial charge on any atom is -0.383 e. The molecule has 2 N–H and O–H groups in total. The van der Waals surface area contributed by atoms with E-state index in [1.165, 1.54) is 0 Å². The summed E-state index contributed by atoms with van der Waals surface area (Å²) >= 11 is 3.61. The van der Waals surface area contributed by atoms with E-state index in [0.717, 1.165) is 40.0 Å². The number of anilines is 1. The average Bonchev–Trinajstić information content (AvgIpc) is 2.67. The molecule has 4 heteroatoms. The van der Waals surface area contributed by atoms with Gasteiger partial charge in [0.2, 0.25) is 0 Å². The van der Waals surface area contributed by atoms with Crippen molar-refractivity contribution in [2.24, 2.45) is 7.05 Å². The molecule has 0 saturated heterocycles. The van der Waals surface area contributed by atoms with E-state index in [9.17, 15) is 0 Å². The molecule has 0 saturated carbocycles. The van der Waals surface area contributed by atoms with Crippen LogP contribution in [0.15, 0.2) is 28.7 Å². The van der Waals surface area contributed by atoms with E-state index in [0.29, 0.717) is 5.92 Å². The smallest absolute Gasteiger partial charge is 0.129 e. The van der Waals surface area contributed by atoms with E-state index in [4.69, 9.17) is 5.73 Å². The predicted molar refractivity (Wildman–Crippen MR) is 84.1 cm³/mol. The molecule has 2 rings (SSSR count). The lowest BCUT2D eigenvalue weighted by Gasteiger charge is -2.11. The molecule has 102 valence electrons. The van der Waals surface area contributed by atoms with Gasteiger partial charge in [0, 0.05) is 28.6 Å². The van der Waals surface area contributed by atoms with Crippen LogP contribution in [0.1, 0.15) is 38.3 Å². The zero-order valence-corrected chi connectivity index (χ0v) is 13.2. The second-order valence-electron chi connectivity index (χ2n) is 4.94.